The Hall–Kier alpha value is -5.02. The summed E-state index contributed by atoms with van der Waals surface area (Å²) in [6, 6.07) is 44.1. The van der Waals surface area contributed by atoms with Gasteiger partial charge in [0.2, 0.25) is 5.95 Å². The van der Waals surface area contributed by atoms with E-state index in [4.69, 9.17) is 10.8 Å². The summed E-state index contributed by atoms with van der Waals surface area (Å²) in [5.74, 6) is 2.40. The summed E-state index contributed by atoms with van der Waals surface area (Å²) in [5, 5.41) is 1.80. The van der Waals surface area contributed by atoms with E-state index in [0.717, 1.165) is 33.3 Å². The van der Waals surface area contributed by atoms with Crippen LogP contribution in [0, 0.1) is 24.3 Å². The van der Waals surface area contributed by atoms with Crippen LogP contribution >= 0.6 is 0 Å². The zero-order valence-electron chi connectivity index (χ0n) is 25.2. The molecule has 4 aromatic heterocycles. The summed E-state index contributed by atoms with van der Waals surface area (Å²) in [6.07, 6.45) is 6.41. The van der Waals surface area contributed by atoms with E-state index < -0.39 is 0 Å². The molecule has 0 saturated heterocycles. The molecule has 0 fully saturated rings. The third kappa shape index (κ3) is 6.62. The quantitative estimate of drug-likeness (QED) is 0.119. The fraction of sp³-hybridized carbons (Fsp3) is 0. The van der Waals surface area contributed by atoms with Crippen molar-refractivity contribution in [3.63, 3.8) is 0 Å². The molecule has 9 heteroatoms. The fourth-order valence-electron chi connectivity index (χ4n) is 5.11. The van der Waals surface area contributed by atoms with Gasteiger partial charge in [-0.3, -0.25) is 0 Å². The summed E-state index contributed by atoms with van der Waals surface area (Å²) in [4.78, 5) is 17.8. The van der Waals surface area contributed by atoms with E-state index in [1.165, 1.54) is 12.4 Å². The Morgan fingerprint density at radius 2 is 0.979 bits per heavy atom. The Labute approximate surface area is 300 Å². The number of nitrogens with zero attached hydrogens (tertiary/aromatic N) is 5. The number of hydrogen-bond acceptors (Lipinski definition) is 6. The van der Waals surface area contributed by atoms with Crippen LogP contribution in [0.25, 0.3) is 50.3 Å². The van der Waals surface area contributed by atoms with Gasteiger partial charge in [-0.1, -0.05) is 47.4 Å². The van der Waals surface area contributed by atoms with Gasteiger partial charge in [-0.25, -0.2) is 9.97 Å². The molecule has 8 aromatic rings. The van der Waals surface area contributed by atoms with Crippen LogP contribution in [0.5, 0.6) is 23.0 Å². The summed E-state index contributed by atoms with van der Waals surface area (Å²) in [6.45, 7) is 0. The van der Waals surface area contributed by atoms with Gasteiger partial charge >= 0.3 is 40.8 Å². The third-order valence-electron chi connectivity index (χ3n) is 7.10. The molecule has 4 heterocycles. The minimum atomic E-state index is 0. The van der Waals surface area contributed by atoms with Crippen molar-refractivity contribution in [2.24, 2.45) is 0 Å². The molecule has 0 amide bonds. The molecule has 230 valence electrons. The van der Waals surface area contributed by atoms with Crippen LogP contribution in [0.1, 0.15) is 1.37 Å². The van der Waals surface area contributed by atoms with Crippen molar-refractivity contribution < 1.29 is 51.7 Å². The SMILES string of the molecule is [2H]c1cnc(-n2c3[c-]c(Oc4[c-]c(-c5ccccn5)ccc4)ccc3c3ccc(Oc4[c-]c(-c5ccccn5)ccc4)[c-]c32)nc1.[Pd+2].[Pd+2]. The zero-order chi connectivity index (χ0) is 30.9. The van der Waals surface area contributed by atoms with Gasteiger partial charge in [-0.15, -0.1) is 71.8 Å². The van der Waals surface area contributed by atoms with E-state index in [1.807, 2.05) is 102 Å². The Kier molecular flexibility index (Phi) is 9.24. The summed E-state index contributed by atoms with van der Waals surface area (Å²) in [7, 11) is 0. The average molecular weight is 793 g/mol. The zero-order valence-corrected chi connectivity index (χ0v) is 27.3. The smallest absolute Gasteiger partial charge is 0.503 e. The molecule has 0 saturated carbocycles. The fourth-order valence-corrected chi connectivity index (χ4v) is 5.11. The predicted molar refractivity (Wildman–Crippen MR) is 171 cm³/mol. The van der Waals surface area contributed by atoms with Gasteiger partial charge in [0.05, 0.1) is 1.37 Å². The number of fused-ring (bicyclic) bond motifs is 3. The molecule has 0 bridgehead atoms. The molecule has 0 aliphatic rings. The van der Waals surface area contributed by atoms with Gasteiger partial charge in [0.1, 0.15) is 0 Å². The van der Waals surface area contributed by atoms with Crippen LogP contribution in [0.4, 0.5) is 0 Å². The maximum absolute atomic E-state index is 7.91. The molecule has 7 nitrogen and oxygen atoms in total. The van der Waals surface area contributed by atoms with Crippen LogP contribution in [-0.4, -0.2) is 24.5 Å². The first-order valence-electron chi connectivity index (χ1n) is 14.6. The largest absolute Gasteiger partial charge is 2.00 e. The van der Waals surface area contributed by atoms with Crippen molar-refractivity contribution in [1.29, 1.82) is 0 Å². The van der Waals surface area contributed by atoms with Crippen LogP contribution in [0.3, 0.4) is 0 Å². The summed E-state index contributed by atoms with van der Waals surface area (Å²) in [5.41, 5.74) is 4.62. The maximum Gasteiger partial charge on any atom is 2.00 e. The summed E-state index contributed by atoms with van der Waals surface area (Å²) >= 11 is 0. The van der Waals surface area contributed by atoms with Gasteiger partial charge in [-0.2, -0.15) is 22.9 Å². The van der Waals surface area contributed by atoms with Crippen molar-refractivity contribution in [1.82, 2.24) is 24.5 Å². The van der Waals surface area contributed by atoms with Gasteiger partial charge in [0.15, 0.2) is 0 Å². The maximum atomic E-state index is 7.91. The standard InChI is InChI=1S/C38H21N5O2.2Pd/c1-3-18-39-34(12-1)26-8-5-10-28(22-26)44-30-14-16-32-33-17-15-31(25-37(33)43(36(32)24-30)38-41-20-7-21-42-38)45-29-11-6-9-27(23-29)35-13-2-4-19-40-35;;/h1-21H;;/q-4;2*+2/i7D;;. The first kappa shape index (κ1) is 30.6. The van der Waals surface area contributed by atoms with Gasteiger partial charge in [0.25, 0.3) is 0 Å². The molecule has 4 aromatic carbocycles. The second-order valence-corrected chi connectivity index (χ2v) is 9.98. The number of rotatable bonds is 7. The monoisotopic (exact) mass is 792 g/mol. The van der Waals surface area contributed by atoms with Gasteiger partial charge in [-0.05, 0) is 29.6 Å². The van der Waals surface area contributed by atoms with Crippen LogP contribution in [0.2, 0.25) is 0 Å². The minimum Gasteiger partial charge on any atom is -0.503 e. The molecule has 0 unspecified atom stereocenters. The molecule has 0 radical (unpaired) electrons. The predicted octanol–water partition coefficient (Wildman–Crippen LogP) is 8.48. The molecule has 0 aliphatic carbocycles. The van der Waals surface area contributed by atoms with E-state index in [-0.39, 0.29) is 46.9 Å². The Morgan fingerprint density at radius 1 is 0.489 bits per heavy atom. The van der Waals surface area contributed by atoms with Crippen molar-refractivity contribution in [3.8, 4) is 51.5 Å². The Balaban J connectivity index is 0.00000201. The van der Waals surface area contributed by atoms with Crippen LogP contribution in [0.15, 0.2) is 128 Å². The van der Waals surface area contributed by atoms with Crippen LogP contribution < -0.4 is 9.47 Å². The topological polar surface area (TPSA) is 75.0 Å². The summed E-state index contributed by atoms with van der Waals surface area (Å²) < 4.78 is 22.2. The number of pyridine rings is 2. The molecule has 0 N–H and O–H groups in total. The van der Waals surface area contributed by atoms with Crippen LogP contribution in [-0.2, 0) is 40.8 Å². The molecule has 0 atom stereocenters. The first-order valence-corrected chi connectivity index (χ1v) is 14.1. The van der Waals surface area contributed by atoms with E-state index in [0.29, 0.717) is 40.0 Å². The second-order valence-electron chi connectivity index (χ2n) is 9.98. The molecule has 0 spiro atoms. The van der Waals surface area contributed by atoms with E-state index in [9.17, 15) is 0 Å². The molecule has 8 rings (SSSR count). The van der Waals surface area contributed by atoms with Crippen molar-refractivity contribution >= 4 is 21.8 Å². The second kappa shape index (κ2) is 14.2. The third-order valence-corrected chi connectivity index (χ3v) is 7.10. The Bertz CT molecular complexity index is 2190. The van der Waals surface area contributed by atoms with Crippen molar-refractivity contribution in [2.75, 3.05) is 0 Å². The molecular weight excluding hydrogens is 771 g/mol. The molecule has 47 heavy (non-hydrogen) atoms. The van der Waals surface area contributed by atoms with Gasteiger partial charge in [0, 0.05) is 47.8 Å². The number of aromatic nitrogens is 5. The number of hydrogen-bond donors (Lipinski definition) is 0. The Morgan fingerprint density at radius 3 is 1.45 bits per heavy atom. The van der Waals surface area contributed by atoms with Gasteiger partial charge < -0.3 is 24.0 Å². The van der Waals surface area contributed by atoms with Crippen molar-refractivity contribution in [2.45, 2.75) is 0 Å². The molecular formula is C38H21N5O2Pd2. The normalized spacial score (nSPS) is 10.9. The first-order chi connectivity index (χ1) is 22.7. The minimum absolute atomic E-state index is 0. The number of ether oxygens (including phenoxy) is 2. The van der Waals surface area contributed by atoms with E-state index in [1.54, 1.807) is 12.4 Å². The average Bonchev–Trinajstić information content (AvgIpc) is 3.42. The number of benzene rings is 4. The van der Waals surface area contributed by atoms with E-state index in [2.05, 4.69) is 44.2 Å². The molecule has 0 aliphatic heterocycles. The van der Waals surface area contributed by atoms with Crippen molar-refractivity contribution in [3.05, 3.63) is 152 Å². The van der Waals surface area contributed by atoms with E-state index >= 15 is 0 Å².